The van der Waals surface area contributed by atoms with E-state index in [2.05, 4.69) is 110 Å². The van der Waals surface area contributed by atoms with Gasteiger partial charge in [-0.25, -0.2) is 0 Å². The third-order valence-corrected chi connectivity index (χ3v) is 5.45. The Kier molecular flexibility index (Phi) is 8.54. The molecule has 1 aliphatic rings. The summed E-state index contributed by atoms with van der Waals surface area (Å²) in [6.07, 6.45) is 7.18. The van der Waals surface area contributed by atoms with Gasteiger partial charge in [-0.05, 0) is 93.1 Å². The van der Waals surface area contributed by atoms with Crippen molar-refractivity contribution in [3.05, 3.63) is 112 Å². The van der Waals surface area contributed by atoms with Crippen LogP contribution in [0.15, 0.2) is 72.8 Å². The Morgan fingerprint density at radius 1 is 0.594 bits per heavy atom. The maximum absolute atomic E-state index is 3.41. The maximum atomic E-state index is 3.41. The molecule has 0 atom stereocenters. The Morgan fingerprint density at radius 2 is 1.12 bits per heavy atom. The normalized spacial score (nSPS) is 12.2. The standard InChI is InChI=1S/C30H26.C2H6/c1-23-8-12-25(13-9-23)16-17-27-19-21-29(20-18-26-14-10-24(2)11-15-26)30(22-27)28-6-4-3-5-7-28;1-2/h6,8-15,19,21-22H,3-5,7H2,1-2H3;1-2H3. The highest BCUT2D eigenvalue weighted by Crippen LogP contribution is 2.29. The zero-order valence-electron chi connectivity index (χ0n) is 19.8. The Hall–Kier alpha value is -3.48. The quantitative estimate of drug-likeness (QED) is 0.352. The van der Waals surface area contributed by atoms with Crippen LogP contribution in [0.2, 0.25) is 0 Å². The van der Waals surface area contributed by atoms with Crippen LogP contribution < -0.4 is 0 Å². The van der Waals surface area contributed by atoms with Gasteiger partial charge in [0.1, 0.15) is 0 Å². The molecule has 0 bridgehead atoms. The molecule has 0 aromatic heterocycles. The van der Waals surface area contributed by atoms with Gasteiger partial charge in [-0.3, -0.25) is 0 Å². The van der Waals surface area contributed by atoms with Crippen molar-refractivity contribution < 1.29 is 0 Å². The van der Waals surface area contributed by atoms with Crippen LogP contribution in [0.5, 0.6) is 0 Å². The van der Waals surface area contributed by atoms with E-state index < -0.39 is 0 Å². The molecule has 0 nitrogen and oxygen atoms in total. The van der Waals surface area contributed by atoms with Crippen molar-refractivity contribution in [2.24, 2.45) is 0 Å². The fourth-order valence-corrected chi connectivity index (χ4v) is 3.64. The average Bonchev–Trinajstić information content (AvgIpc) is 2.85. The van der Waals surface area contributed by atoms with Crippen LogP contribution in [0.3, 0.4) is 0 Å². The second kappa shape index (κ2) is 11.8. The van der Waals surface area contributed by atoms with Crippen LogP contribution >= 0.6 is 0 Å². The number of allylic oxidation sites excluding steroid dienone is 2. The number of hydrogen-bond acceptors (Lipinski definition) is 0. The van der Waals surface area contributed by atoms with E-state index in [-0.39, 0.29) is 0 Å². The van der Waals surface area contributed by atoms with E-state index in [0.717, 1.165) is 35.1 Å². The second-order valence-electron chi connectivity index (χ2n) is 7.97. The predicted molar refractivity (Wildman–Crippen MR) is 139 cm³/mol. The van der Waals surface area contributed by atoms with Crippen LogP contribution in [-0.2, 0) is 0 Å². The molecule has 32 heavy (non-hydrogen) atoms. The van der Waals surface area contributed by atoms with E-state index in [4.69, 9.17) is 0 Å². The first kappa shape index (κ1) is 23.2. The highest BCUT2D eigenvalue weighted by Gasteiger charge is 2.10. The third-order valence-electron chi connectivity index (χ3n) is 5.45. The SMILES string of the molecule is CC.Cc1ccc(C#Cc2ccc(C#Cc3ccc(C)cc3)c(C3=CCCCC3)c2)cc1. The van der Waals surface area contributed by atoms with Gasteiger partial charge in [0.25, 0.3) is 0 Å². The van der Waals surface area contributed by atoms with Crippen LogP contribution in [0.4, 0.5) is 0 Å². The Balaban J connectivity index is 0.00000141. The number of rotatable bonds is 1. The van der Waals surface area contributed by atoms with Gasteiger partial charge in [0, 0.05) is 22.3 Å². The minimum atomic E-state index is 1.04. The van der Waals surface area contributed by atoms with Gasteiger partial charge < -0.3 is 0 Å². The van der Waals surface area contributed by atoms with E-state index in [1.54, 1.807) is 0 Å². The summed E-state index contributed by atoms with van der Waals surface area (Å²) in [6.45, 7) is 8.19. The lowest BCUT2D eigenvalue weighted by atomic mass is 9.89. The first-order valence-electron chi connectivity index (χ1n) is 11.7. The smallest absolute Gasteiger partial charge is 0.0324 e. The van der Waals surface area contributed by atoms with Crippen molar-refractivity contribution >= 4 is 5.57 Å². The minimum Gasteiger partial charge on any atom is -0.0807 e. The van der Waals surface area contributed by atoms with Gasteiger partial charge in [0.2, 0.25) is 0 Å². The van der Waals surface area contributed by atoms with E-state index in [1.807, 2.05) is 13.8 Å². The second-order valence-corrected chi connectivity index (χ2v) is 7.97. The topological polar surface area (TPSA) is 0 Å². The van der Waals surface area contributed by atoms with Crippen molar-refractivity contribution in [2.45, 2.75) is 53.4 Å². The van der Waals surface area contributed by atoms with Gasteiger partial charge in [-0.15, -0.1) is 0 Å². The number of benzene rings is 3. The Bertz CT molecular complexity index is 1180. The van der Waals surface area contributed by atoms with E-state index in [0.29, 0.717) is 0 Å². The lowest BCUT2D eigenvalue weighted by Crippen LogP contribution is -1.96. The van der Waals surface area contributed by atoms with Gasteiger partial charge in [-0.1, -0.05) is 79.0 Å². The molecule has 160 valence electrons. The van der Waals surface area contributed by atoms with Crippen LogP contribution in [-0.4, -0.2) is 0 Å². The van der Waals surface area contributed by atoms with Crippen molar-refractivity contribution in [3.8, 4) is 23.7 Å². The molecule has 0 heterocycles. The summed E-state index contributed by atoms with van der Waals surface area (Å²) in [7, 11) is 0. The van der Waals surface area contributed by atoms with Gasteiger partial charge in [-0.2, -0.15) is 0 Å². The monoisotopic (exact) mass is 416 g/mol. The summed E-state index contributed by atoms with van der Waals surface area (Å²) in [5.41, 5.74) is 9.38. The lowest BCUT2D eigenvalue weighted by molar-refractivity contribution is 0.742. The summed E-state index contributed by atoms with van der Waals surface area (Å²) >= 11 is 0. The van der Waals surface area contributed by atoms with Gasteiger partial charge in [0.15, 0.2) is 0 Å². The highest BCUT2D eigenvalue weighted by atomic mass is 14.1. The lowest BCUT2D eigenvalue weighted by Gasteiger charge is -2.15. The molecule has 0 amide bonds. The zero-order valence-corrected chi connectivity index (χ0v) is 19.8. The molecular formula is C32H32. The van der Waals surface area contributed by atoms with Crippen molar-refractivity contribution in [1.82, 2.24) is 0 Å². The van der Waals surface area contributed by atoms with Crippen molar-refractivity contribution in [2.75, 3.05) is 0 Å². The molecule has 0 N–H and O–H groups in total. The molecule has 0 saturated carbocycles. The molecule has 0 heteroatoms. The molecule has 0 radical (unpaired) electrons. The first-order valence-corrected chi connectivity index (χ1v) is 11.7. The average molecular weight is 417 g/mol. The zero-order chi connectivity index (χ0) is 22.8. The molecule has 0 fully saturated rings. The summed E-state index contributed by atoms with van der Waals surface area (Å²) < 4.78 is 0. The highest BCUT2D eigenvalue weighted by molar-refractivity contribution is 5.73. The fraction of sp³-hybridized carbons (Fsp3) is 0.250. The summed E-state index contributed by atoms with van der Waals surface area (Å²) in [5, 5.41) is 0. The summed E-state index contributed by atoms with van der Waals surface area (Å²) in [5.74, 6) is 13.4. The molecular weight excluding hydrogens is 384 g/mol. The van der Waals surface area contributed by atoms with Crippen LogP contribution in [0.25, 0.3) is 5.57 Å². The van der Waals surface area contributed by atoms with Gasteiger partial charge >= 0.3 is 0 Å². The molecule has 0 saturated heterocycles. The van der Waals surface area contributed by atoms with Crippen molar-refractivity contribution in [3.63, 3.8) is 0 Å². The fourth-order valence-electron chi connectivity index (χ4n) is 3.64. The molecule has 4 rings (SSSR count). The molecule has 1 aliphatic carbocycles. The third kappa shape index (κ3) is 6.51. The first-order chi connectivity index (χ1) is 15.7. The minimum absolute atomic E-state index is 1.04. The van der Waals surface area contributed by atoms with E-state index in [9.17, 15) is 0 Å². The van der Waals surface area contributed by atoms with E-state index in [1.165, 1.54) is 35.1 Å². The molecule has 0 spiro atoms. The van der Waals surface area contributed by atoms with Crippen LogP contribution in [0.1, 0.15) is 78.5 Å². The van der Waals surface area contributed by atoms with Crippen molar-refractivity contribution in [1.29, 1.82) is 0 Å². The maximum Gasteiger partial charge on any atom is 0.0324 e. The molecule has 0 unspecified atom stereocenters. The molecule has 0 aliphatic heterocycles. The molecule has 3 aromatic rings. The largest absolute Gasteiger partial charge is 0.0807 e. The summed E-state index contributed by atoms with van der Waals surface area (Å²) in [4.78, 5) is 0. The number of aryl methyl sites for hydroxylation is 2. The molecule has 3 aromatic carbocycles. The summed E-state index contributed by atoms with van der Waals surface area (Å²) in [6, 6.07) is 23.2. The Morgan fingerprint density at radius 3 is 1.69 bits per heavy atom. The number of hydrogen-bond donors (Lipinski definition) is 0. The van der Waals surface area contributed by atoms with E-state index >= 15 is 0 Å². The Labute approximate surface area is 194 Å². The van der Waals surface area contributed by atoms with Gasteiger partial charge in [0.05, 0.1) is 0 Å². The van der Waals surface area contributed by atoms with Crippen LogP contribution in [0, 0.1) is 37.5 Å². The predicted octanol–water partition coefficient (Wildman–Crippen LogP) is 8.09.